The Morgan fingerprint density at radius 3 is 2.24 bits per heavy atom. The van der Waals surface area contributed by atoms with Gasteiger partial charge >= 0.3 is 0 Å². The number of methoxy groups -OCH3 is 1. The minimum atomic E-state index is -0.0489. The summed E-state index contributed by atoms with van der Waals surface area (Å²) in [4.78, 5) is 22.6. The van der Waals surface area contributed by atoms with Gasteiger partial charge in [0, 0.05) is 12.1 Å². The highest BCUT2D eigenvalue weighted by Crippen LogP contribution is 2.36. The average Bonchev–Trinajstić information content (AvgIpc) is 2.99. The largest absolute Gasteiger partial charge is 0.497 e. The molecule has 1 heterocycles. The van der Waals surface area contributed by atoms with Gasteiger partial charge in [0.15, 0.2) is 0 Å². The summed E-state index contributed by atoms with van der Waals surface area (Å²) in [5.41, 5.74) is 9.04. The molecule has 5 nitrogen and oxygen atoms in total. The summed E-state index contributed by atoms with van der Waals surface area (Å²) >= 11 is 1.46. The van der Waals surface area contributed by atoms with Crippen molar-refractivity contribution in [2.75, 3.05) is 18.2 Å². The minimum Gasteiger partial charge on any atom is -0.497 e. The molecule has 0 bridgehead atoms. The predicted octanol–water partition coefficient (Wildman–Crippen LogP) is 6.86. The van der Waals surface area contributed by atoms with E-state index in [9.17, 15) is 4.79 Å². The Morgan fingerprint density at radius 2 is 1.59 bits per heavy atom. The molecule has 1 N–H and O–H groups in total. The van der Waals surface area contributed by atoms with Gasteiger partial charge in [0.2, 0.25) is 5.91 Å². The lowest BCUT2D eigenvalue weighted by atomic mass is 10.1. The van der Waals surface area contributed by atoms with E-state index in [1.54, 1.807) is 7.11 Å². The topological polar surface area (TPSA) is 63.1 Å². The Morgan fingerprint density at radius 1 is 0.912 bits per heavy atom. The van der Waals surface area contributed by atoms with Crippen LogP contribution in [0, 0.1) is 27.7 Å². The number of hydrogen-bond acceptors (Lipinski definition) is 5. The summed E-state index contributed by atoms with van der Waals surface area (Å²) in [7, 11) is 1.66. The highest BCUT2D eigenvalue weighted by atomic mass is 32.2. The second kappa shape index (κ2) is 10.3. The van der Waals surface area contributed by atoms with Crippen LogP contribution in [0.5, 0.6) is 5.75 Å². The molecule has 0 atom stereocenters. The molecule has 4 rings (SSSR count). The molecule has 0 spiro atoms. The van der Waals surface area contributed by atoms with E-state index in [1.807, 2.05) is 50.2 Å². The minimum absolute atomic E-state index is 0.0489. The van der Waals surface area contributed by atoms with Gasteiger partial charge in [0.25, 0.3) is 0 Å². The zero-order valence-electron chi connectivity index (χ0n) is 20.2. The van der Waals surface area contributed by atoms with Crippen molar-refractivity contribution >= 4 is 45.5 Å². The normalized spacial score (nSPS) is 12.9. The highest BCUT2D eigenvalue weighted by Gasteiger charge is 2.18. The van der Waals surface area contributed by atoms with Crippen LogP contribution in [-0.2, 0) is 4.79 Å². The first-order chi connectivity index (χ1) is 16.3. The molecular weight excluding hydrogens is 442 g/mol. The predicted molar refractivity (Wildman–Crippen MR) is 144 cm³/mol. The molecule has 1 aliphatic rings. The van der Waals surface area contributed by atoms with Gasteiger partial charge < -0.3 is 10.1 Å². The highest BCUT2D eigenvalue weighted by molar-refractivity contribution is 8.14. The number of nitrogens with one attached hydrogen (secondary N) is 1. The Kier molecular flexibility index (Phi) is 7.17. The van der Waals surface area contributed by atoms with E-state index in [2.05, 4.69) is 37.4 Å². The van der Waals surface area contributed by atoms with E-state index < -0.39 is 0 Å². The molecule has 0 aromatic heterocycles. The number of anilines is 1. The summed E-state index contributed by atoms with van der Waals surface area (Å²) in [5.74, 6) is 1.03. The maximum Gasteiger partial charge on any atom is 0.234 e. The van der Waals surface area contributed by atoms with Gasteiger partial charge in [-0.25, -0.2) is 4.99 Å². The molecule has 3 aromatic carbocycles. The van der Waals surface area contributed by atoms with E-state index in [0.29, 0.717) is 6.42 Å². The summed E-state index contributed by atoms with van der Waals surface area (Å²) in [5, 5.41) is 3.89. The molecular formula is C28H29N3O2S. The smallest absolute Gasteiger partial charge is 0.234 e. The van der Waals surface area contributed by atoms with E-state index in [1.165, 1.54) is 28.5 Å². The van der Waals surface area contributed by atoms with Crippen molar-refractivity contribution in [1.82, 2.24) is 0 Å². The molecule has 1 aliphatic heterocycles. The number of fused-ring (bicyclic) bond motifs is 1. The summed E-state index contributed by atoms with van der Waals surface area (Å²) in [6.07, 6.45) is 0.556. The lowest BCUT2D eigenvalue weighted by molar-refractivity contribution is -0.113. The fourth-order valence-corrected chi connectivity index (χ4v) is 4.56. The lowest BCUT2D eigenvalue weighted by Gasteiger charge is -2.10. The van der Waals surface area contributed by atoms with Gasteiger partial charge in [-0.2, -0.15) is 0 Å². The number of hydrogen-bond donors (Lipinski definition) is 1. The SMILES string of the molecule is COc1ccc(C2=Nc3cc(C)c(C)cc3N=C(SCC(=O)Nc3ccc(C)cc3C)C2)cc1. The number of nitrogens with zero attached hydrogens (tertiary/aromatic N) is 2. The first-order valence-corrected chi connectivity index (χ1v) is 12.2. The van der Waals surface area contributed by atoms with Crippen LogP contribution in [0.3, 0.4) is 0 Å². The molecule has 3 aromatic rings. The van der Waals surface area contributed by atoms with Crippen LogP contribution in [-0.4, -0.2) is 29.5 Å². The third-order valence-corrected chi connectivity index (χ3v) is 6.83. The van der Waals surface area contributed by atoms with E-state index in [0.717, 1.165) is 44.7 Å². The van der Waals surface area contributed by atoms with Gasteiger partial charge in [-0.15, -0.1) is 11.8 Å². The van der Waals surface area contributed by atoms with Crippen LogP contribution >= 0.6 is 11.8 Å². The third kappa shape index (κ3) is 5.57. The van der Waals surface area contributed by atoms with Crippen molar-refractivity contribution in [3.8, 4) is 5.75 Å². The molecule has 6 heteroatoms. The molecule has 1 amide bonds. The second-order valence-electron chi connectivity index (χ2n) is 8.55. The van der Waals surface area contributed by atoms with Gasteiger partial charge in [0.1, 0.15) is 5.75 Å². The number of ether oxygens (including phenoxy) is 1. The first kappa shape index (κ1) is 23.8. The summed E-state index contributed by atoms with van der Waals surface area (Å²) < 4.78 is 5.30. The van der Waals surface area contributed by atoms with Gasteiger partial charge in [-0.3, -0.25) is 9.79 Å². The number of rotatable bonds is 5. The number of carbonyl (C=O) groups excluding carboxylic acids is 1. The molecule has 174 valence electrons. The van der Waals surface area contributed by atoms with Crippen LogP contribution in [0.4, 0.5) is 17.1 Å². The zero-order chi connectivity index (χ0) is 24.2. The van der Waals surface area contributed by atoms with E-state index in [-0.39, 0.29) is 11.7 Å². The fraction of sp³-hybridized carbons (Fsp3) is 0.250. The third-order valence-electron chi connectivity index (χ3n) is 5.86. The zero-order valence-corrected chi connectivity index (χ0v) is 21.0. The molecule has 0 saturated carbocycles. The Hall–Kier alpha value is -3.38. The number of benzene rings is 3. The number of aliphatic imine (C=N–C) groups is 2. The van der Waals surface area contributed by atoms with Crippen LogP contribution < -0.4 is 10.1 Å². The van der Waals surface area contributed by atoms with Crippen LogP contribution in [0.1, 0.15) is 34.2 Å². The van der Waals surface area contributed by atoms with Crippen LogP contribution in [0.2, 0.25) is 0 Å². The molecule has 0 fully saturated rings. The molecule has 0 radical (unpaired) electrons. The lowest BCUT2D eigenvalue weighted by Crippen LogP contribution is -2.17. The fourth-order valence-electron chi connectivity index (χ4n) is 3.79. The van der Waals surface area contributed by atoms with E-state index in [4.69, 9.17) is 14.7 Å². The van der Waals surface area contributed by atoms with Crippen molar-refractivity contribution in [2.24, 2.45) is 9.98 Å². The Balaban J connectivity index is 1.58. The maximum absolute atomic E-state index is 12.7. The number of carbonyl (C=O) groups is 1. The monoisotopic (exact) mass is 471 g/mol. The standard InChI is InChI=1S/C28H29N3O2S/c1-17-6-11-23(20(4)12-17)30-27(32)16-34-28-15-24(21-7-9-22(33-5)10-8-21)29-25-13-18(2)19(3)14-26(25)31-28/h6-14H,15-16H2,1-5H3,(H,30,32). The summed E-state index contributed by atoms with van der Waals surface area (Å²) in [6.45, 7) is 8.21. The number of thioether (sulfide) groups is 1. The van der Waals surface area contributed by atoms with Crippen molar-refractivity contribution in [3.63, 3.8) is 0 Å². The number of aryl methyl sites for hydroxylation is 4. The first-order valence-electron chi connectivity index (χ1n) is 11.2. The molecule has 34 heavy (non-hydrogen) atoms. The quantitative estimate of drug-likeness (QED) is 0.442. The summed E-state index contributed by atoms with van der Waals surface area (Å²) in [6, 6.07) is 18.1. The Labute approximate surface area is 205 Å². The van der Waals surface area contributed by atoms with Crippen molar-refractivity contribution in [2.45, 2.75) is 34.1 Å². The number of amides is 1. The van der Waals surface area contributed by atoms with Crippen molar-refractivity contribution in [3.05, 3.63) is 82.4 Å². The average molecular weight is 472 g/mol. The molecule has 0 aliphatic carbocycles. The maximum atomic E-state index is 12.7. The van der Waals surface area contributed by atoms with Gasteiger partial charge in [-0.05, 0) is 92.4 Å². The molecule has 0 unspecified atom stereocenters. The Bertz CT molecular complexity index is 1290. The van der Waals surface area contributed by atoms with Crippen molar-refractivity contribution in [1.29, 1.82) is 0 Å². The van der Waals surface area contributed by atoms with Crippen LogP contribution in [0.15, 0.2) is 64.6 Å². The second-order valence-corrected chi connectivity index (χ2v) is 9.60. The van der Waals surface area contributed by atoms with Crippen molar-refractivity contribution < 1.29 is 9.53 Å². The van der Waals surface area contributed by atoms with Crippen LogP contribution in [0.25, 0.3) is 0 Å². The van der Waals surface area contributed by atoms with Gasteiger partial charge in [-0.1, -0.05) is 17.7 Å². The van der Waals surface area contributed by atoms with E-state index >= 15 is 0 Å². The molecule has 0 saturated heterocycles. The van der Waals surface area contributed by atoms with Gasteiger partial charge in [0.05, 0.1) is 35.0 Å².